The molecule has 4 heterocycles. The number of hydrogen-bond donors (Lipinski definition) is 5. The number of hydrogen-bond acceptors (Lipinski definition) is 10. The summed E-state index contributed by atoms with van der Waals surface area (Å²) >= 11 is 6.72. The van der Waals surface area contributed by atoms with Crippen molar-refractivity contribution < 1.29 is 14.2 Å². The van der Waals surface area contributed by atoms with E-state index in [1.165, 1.54) is 12.3 Å². The summed E-state index contributed by atoms with van der Waals surface area (Å²) in [4.78, 5) is 8.48. The number of pyridine rings is 2. The Morgan fingerprint density at radius 2 is 2.10 bits per heavy atom. The van der Waals surface area contributed by atoms with E-state index >= 15 is 0 Å². The highest BCUT2D eigenvalue weighted by Crippen LogP contribution is 2.37. The zero-order chi connectivity index (χ0) is 28.7. The quantitative estimate of drug-likeness (QED) is 0.254. The molecule has 5 N–H and O–H groups in total. The second kappa shape index (κ2) is 10.7. The molecule has 1 atom stereocenters. The molecule has 0 aliphatic carbocycles. The number of aliphatic hydroxyl groups is 1. The molecular formula is C28H32ClFN8O2. The van der Waals surface area contributed by atoms with E-state index < -0.39 is 17.5 Å². The second-order valence-electron chi connectivity index (χ2n) is 11.4. The molecule has 0 spiro atoms. The summed E-state index contributed by atoms with van der Waals surface area (Å²) in [6, 6.07) is 8.39. The number of hydrazine groups is 2. The van der Waals surface area contributed by atoms with Crippen molar-refractivity contribution >= 4 is 33.9 Å². The molecule has 0 amide bonds. The summed E-state index contributed by atoms with van der Waals surface area (Å²) in [6.07, 6.45) is 3.38. The lowest BCUT2D eigenvalue weighted by molar-refractivity contribution is -0.159. The fourth-order valence-corrected chi connectivity index (χ4v) is 4.95. The number of rotatable bonds is 8. The van der Waals surface area contributed by atoms with Crippen molar-refractivity contribution in [2.45, 2.75) is 39.3 Å². The van der Waals surface area contributed by atoms with Crippen LogP contribution in [0.25, 0.3) is 10.9 Å². The van der Waals surface area contributed by atoms with Gasteiger partial charge in [0.2, 0.25) is 5.95 Å². The minimum absolute atomic E-state index is 0.0307. The first kappa shape index (κ1) is 27.9. The van der Waals surface area contributed by atoms with Crippen molar-refractivity contribution in [2.75, 3.05) is 37.0 Å². The number of anilines is 2. The van der Waals surface area contributed by atoms with E-state index in [1.54, 1.807) is 24.1 Å². The van der Waals surface area contributed by atoms with Gasteiger partial charge in [0, 0.05) is 41.3 Å². The molecule has 12 heteroatoms. The molecule has 1 fully saturated rings. The maximum Gasteiger partial charge on any atom is 0.213 e. The molecule has 3 aromatic rings. The van der Waals surface area contributed by atoms with Crippen molar-refractivity contribution in [2.24, 2.45) is 5.41 Å². The smallest absolute Gasteiger partial charge is 0.213 e. The van der Waals surface area contributed by atoms with Crippen molar-refractivity contribution in [3.8, 4) is 6.07 Å². The summed E-state index contributed by atoms with van der Waals surface area (Å²) in [6.45, 7) is 9.34. The number of nitrogens with zero attached hydrogens (tertiary/aromatic N) is 4. The molecule has 0 bridgehead atoms. The zero-order valence-corrected chi connectivity index (χ0v) is 23.5. The zero-order valence-electron chi connectivity index (χ0n) is 22.8. The largest absolute Gasteiger partial charge is 0.394 e. The van der Waals surface area contributed by atoms with Crippen LogP contribution in [-0.2, 0) is 4.74 Å². The van der Waals surface area contributed by atoms with Gasteiger partial charge in [-0.1, -0.05) is 38.4 Å². The standard InChI is InChI=1S/C28H32ClFN8O2/c1-16-19(5-6-23(30)34-16)26(22-11-38(37-36-22)28(13-39)14-40-15-28)35-18-7-20-24(33-12-27(2,3)4)17(9-31)10-32-25(20)21(29)8-18/h5-8,10-11,26,35-37,39H,12-15H2,1-4H3,(H,32,33)/t26-/m0/s1. The summed E-state index contributed by atoms with van der Waals surface area (Å²) in [5, 5.41) is 29.6. The predicted molar refractivity (Wildman–Crippen MR) is 152 cm³/mol. The molecule has 0 radical (unpaired) electrons. The van der Waals surface area contributed by atoms with Gasteiger partial charge >= 0.3 is 0 Å². The molecule has 0 unspecified atom stereocenters. The van der Waals surface area contributed by atoms with E-state index in [0.717, 1.165) is 5.56 Å². The lowest BCUT2D eigenvalue weighted by Gasteiger charge is -2.45. The minimum atomic E-state index is -0.589. The maximum absolute atomic E-state index is 14.0. The molecule has 1 saturated heterocycles. The number of nitriles is 1. The molecule has 10 nitrogen and oxygen atoms in total. The van der Waals surface area contributed by atoms with Gasteiger partial charge in [0.05, 0.1) is 53.3 Å². The SMILES string of the molecule is Cc1nc(F)ccc1[C@H](Nc1cc(Cl)c2ncc(C#N)c(NCC(C)(C)C)c2c1)C1=CN(C2(CO)COC2)NN1. The number of fused-ring (bicyclic) bond motifs is 1. The Hall–Kier alpha value is -3.69. The van der Waals surface area contributed by atoms with E-state index in [4.69, 9.17) is 16.3 Å². The van der Waals surface area contributed by atoms with Crippen LogP contribution in [0.1, 0.15) is 43.6 Å². The number of nitrogens with one attached hydrogen (secondary N) is 4. The van der Waals surface area contributed by atoms with Crippen LogP contribution in [0, 0.1) is 29.6 Å². The fraction of sp³-hybridized carbons (Fsp3) is 0.393. The molecule has 2 aliphatic heterocycles. The Bertz CT molecular complexity index is 1510. The summed E-state index contributed by atoms with van der Waals surface area (Å²) in [5.41, 5.74) is 9.91. The molecule has 2 aromatic heterocycles. The molecule has 5 rings (SSSR count). The van der Waals surface area contributed by atoms with E-state index in [1.807, 2.05) is 12.3 Å². The number of aliphatic hydroxyl groups excluding tert-OH is 1. The van der Waals surface area contributed by atoms with Crippen LogP contribution in [0.5, 0.6) is 0 Å². The van der Waals surface area contributed by atoms with Crippen LogP contribution in [0.4, 0.5) is 15.8 Å². The predicted octanol–water partition coefficient (Wildman–Crippen LogP) is 4.14. The fourth-order valence-electron chi connectivity index (χ4n) is 4.68. The average molecular weight is 567 g/mol. The monoisotopic (exact) mass is 566 g/mol. The van der Waals surface area contributed by atoms with E-state index in [2.05, 4.69) is 58.4 Å². The Labute approximate surface area is 237 Å². The Kier molecular flexibility index (Phi) is 7.46. The Balaban J connectivity index is 1.58. The van der Waals surface area contributed by atoms with Crippen LogP contribution >= 0.6 is 11.6 Å². The second-order valence-corrected chi connectivity index (χ2v) is 11.8. The Morgan fingerprint density at radius 3 is 2.73 bits per heavy atom. The van der Waals surface area contributed by atoms with E-state index in [-0.39, 0.29) is 12.0 Å². The first-order chi connectivity index (χ1) is 19.0. The Morgan fingerprint density at radius 1 is 1.32 bits per heavy atom. The average Bonchev–Trinajstić information content (AvgIpc) is 3.35. The number of ether oxygens (including phenoxy) is 1. The maximum atomic E-state index is 14.0. The molecule has 2 aliphatic rings. The van der Waals surface area contributed by atoms with Crippen LogP contribution in [-0.4, -0.2) is 52.0 Å². The third kappa shape index (κ3) is 5.36. The molecule has 40 heavy (non-hydrogen) atoms. The van der Waals surface area contributed by atoms with Gasteiger partial charge in [-0.2, -0.15) is 9.65 Å². The normalized spacial score (nSPS) is 17.1. The summed E-state index contributed by atoms with van der Waals surface area (Å²) in [5.74, 6) is -0.572. The van der Waals surface area contributed by atoms with Gasteiger partial charge in [0.1, 0.15) is 11.6 Å². The van der Waals surface area contributed by atoms with E-state index in [0.29, 0.717) is 64.0 Å². The molecule has 1 aromatic carbocycles. The van der Waals surface area contributed by atoms with Gasteiger partial charge in [-0.3, -0.25) is 9.99 Å². The molecular weight excluding hydrogens is 535 g/mol. The first-order valence-corrected chi connectivity index (χ1v) is 13.3. The lowest BCUT2D eigenvalue weighted by atomic mass is 9.96. The van der Waals surface area contributed by atoms with Crippen molar-refractivity contribution in [3.63, 3.8) is 0 Å². The van der Waals surface area contributed by atoms with Gasteiger partial charge < -0.3 is 25.9 Å². The van der Waals surface area contributed by atoms with Crippen molar-refractivity contribution in [1.82, 2.24) is 25.9 Å². The first-order valence-electron chi connectivity index (χ1n) is 12.9. The lowest BCUT2D eigenvalue weighted by Crippen LogP contribution is -2.66. The van der Waals surface area contributed by atoms with Gasteiger partial charge in [-0.15, -0.1) is 5.53 Å². The third-order valence-electron chi connectivity index (χ3n) is 7.00. The van der Waals surface area contributed by atoms with Gasteiger partial charge in [0.15, 0.2) is 0 Å². The van der Waals surface area contributed by atoms with Crippen LogP contribution < -0.4 is 21.6 Å². The minimum Gasteiger partial charge on any atom is -0.394 e. The topological polar surface area (TPSA) is 130 Å². The van der Waals surface area contributed by atoms with Crippen molar-refractivity contribution in [3.05, 3.63) is 70.2 Å². The van der Waals surface area contributed by atoms with Gasteiger partial charge in [-0.05, 0) is 30.5 Å². The van der Waals surface area contributed by atoms with Gasteiger partial charge in [0.25, 0.3) is 0 Å². The van der Waals surface area contributed by atoms with Crippen LogP contribution in [0.15, 0.2) is 42.4 Å². The van der Waals surface area contributed by atoms with Gasteiger partial charge in [-0.25, -0.2) is 4.98 Å². The van der Waals surface area contributed by atoms with Crippen LogP contribution in [0.3, 0.4) is 0 Å². The van der Waals surface area contributed by atoms with E-state index in [9.17, 15) is 14.8 Å². The summed E-state index contributed by atoms with van der Waals surface area (Å²) < 4.78 is 19.3. The highest BCUT2D eigenvalue weighted by atomic mass is 35.5. The number of halogens is 2. The number of benzene rings is 1. The number of aromatic nitrogens is 2. The van der Waals surface area contributed by atoms with Crippen molar-refractivity contribution in [1.29, 1.82) is 5.26 Å². The molecule has 0 saturated carbocycles. The third-order valence-corrected chi connectivity index (χ3v) is 7.29. The molecule has 210 valence electrons. The highest BCUT2D eigenvalue weighted by Gasteiger charge is 2.45. The van der Waals surface area contributed by atoms with Crippen LogP contribution in [0.2, 0.25) is 5.02 Å². The summed E-state index contributed by atoms with van der Waals surface area (Å²) in [7, 11) is 0. The highest BCUT2D eigenvalue weighted by molar-refractivity contribution is 6.35. The number of aryl methyl sites for hydroxylation is 1.